The van der Waals surface area contributed by atoms with Crippen LogP contribution >= 0.6 is 11.6 Å². The smallest absolute Gasteiger partial charge is 0.399 e. The molecule has 0 unspecified atom stereocenters. The first-order valence-corrected chi connectivity index (χ1v) is 6.19. The fourth-order valence-corrected chi connectivity index (χ4v) is 1.99. The second-order valence-electron chi connectivity index (χ2n) is 4.24. The van der Waals surface area contributed by atoms with Crippen LogP contribution in [0.15, 0.2) is 42.5 Å². The number of halogens is 4. The van der Waals surface area contributed by atoms with Crippen LogP contribution in [0.4, 0.5) is 24.5 Å². The molecule has 0 heterocycles. The Morgan fingerprint density at radius 2 is 1.81 bits per heavy atom. The van der Waals surface area contributed by atoms with Gasteiger partial charge in [0, 0.05) is 5.69 Å². The summed E-state index contributed by atoms with van der Waals surface area (Å²) in [6, 6.07) is 8.82. The van der Waals surface area contributed by atoms with Gasteiger partial charge in [-0.2, -0.15) is 13.2 Å². The van der Waals surface area contributed by atoms with E-state index < -0.39 is 23.2 Å². The molecular weight excluding hydrogens is 305 g/mol. The van der Waals surface area contributed by atoms with Crippen LogP contribution in [-0.4, -0.2) is 5.91 Å². The summed E-state index contributed by atoms with van der Waals surface area (Å²) in [5.41, 5.74) is 4.60. The van der Waals surface area contributed by atoms with E-state index in [4.69, 9.17) is 17.3 Å². The molecule has 0 aliphatic carbocycles. The molecule has 3 N–H and O–H groups in total. The maximum absolute atomic E-state index is 12.9. The van der Waals surface area contributed by atoms with Gasteiger partial charge in [-0.05, 0) is 30.3 Å². The number of nitrogen functional groups attached to an aromatic ring is 1. The van der Waals surface area contributed by atoms with Crippen molar-refractivity contribution in [1.82, 2.24) is 0 Å². The normalized spacial score (nSPS) is 11.2. The Bertz CT molecular complexity index is 686. The highest BCUT2D eigenvalue weighted by atomic mass is 35.5. The van der Waals surface area contributed by atoms with Gasteiger partial charge < -0.3 is 11.1 Å². The van der Waals surface area contributed by atoms with Gasteiger partial charge in [0.2, 0.25) is 0 Å². The van der Waals surface area contributed by atoms with Crippen molar-refractivity contribution >= 4 is 28.9 Å². The monoisotopic (exact) mass is 314 g/mol. The highest BCUT2D eigenvalue weighted by Crippen LogP contribution is 2.32. The molecule has 110 valence electrons. The van der Waals surface area contributed by atoms with E-state index in [-0.39, 0.29) is 10.7 Å². The van der Waals surface area contributed by atoms with E-state index in [0.29, 0.717) is 5.69 Å². The lowest BCUT2D eigenvalue weighted by molar-refractivity contribution is -0.137. The van der Waals surface area contributed by atoms with Crippen LogP contribution in [0, 0.1) is 0 Å². The molecule has 2 aromatic carbocycles. The van der Waals surface area contributed by atoms with Crippen molar-refractivity contribution in [2.45, 2.75) is 6.18 Å². The Morgan fingerprint density at radius 1 is 1.14 bits per heavy atom. The number of carbonyl (C=O) groups is 1. The number of nitrogens with two attached hydrogens (primary N) is 1. The predicted octanol–water partition coefficient (Wildman–Crippen LogP) is 4.19. The van der Waals surface area contributed by atoms with E-state index in [9.17, 15) is 18.0 Å². The van der Waals surface area contributed by atoms with Crippen molar-refractivity contribution in [2.24, 2.45) is 0 Å². The first-order chi connectivity index (χ1) is 9.79. The molecule has 2 aromatic rings. The van der Waals surface area contributed by atoms with Crippen LogP contribution in [-0.2, 0) is 6.18 Å². The van der Waals surface area contributed by atoms with Gasteiger partial charge in [-0.1, -0.05) is 23.7 Å². The number of anilines is 2. The minimum absolute atomic E-state index is 0.146. The minimum atomic E-state index is -4.61. The summed E-state index contributed by atoms with van der Waals surface area (Å²) in [5.74, 6) is -0.894. The van der Waals surface area contributed by atoms with Crippen LogP contribution in [0.5, 0.6) is 0 Å². The molecule has 0 aliphatic heterocycles. The summed E-state index contributed by atoms with van der Waals surface area (Å²) in [7, 11) is 0. The summed E-state index contributed by atoms with van der Waals surface area (Å²) in [4.78, 5) is 12.0. The standard InChI is InChI=1S/C14H10ClF3N2O/c15-11-7-8(19)5-6-12(11)20-13(21)9-3-1-2-4-10(9)14(16,17)18/h1-7H,19H2,(H,20,21). The van der Waals surface area contributed by atoms with Crippen molar-refractivity contribution in [2.75, 3.05) is 11.1 Å². The molecule has 0 saturated heterocycles. The molecular formula is C14H10ClF3N2O. The van der Waals surface area contributed by atoms with Gasteiger partial charge >= 0.3 is 6.18 Å². The number of rotatable bonds is 2. The van der Waals surface area contributed by atoms with Gasteiger partial charge in [0.05, 0.1) is 21.8 Å². The van der Waals surface area contributed by atoms with Gasteiger partial charge in [-0.15, -0.1) is 0 Å². The molecule has 3 nitrogen and oxygen atoms in total. The highest BCUT2D eigenvalue weighted by molar-refractivity contribution is 6.34. The quantitative estimate of drug-likeness (QED) is 0.816. The Hall–Kier alpha value is -2.21. The maximum atomic E-state index is 12.9. The van der Waals surface area contributed by atoms with Crippen molar-refractivity contribution in [1.29, 1.82) is 0 Å². The van der Waals surface area contributed by atoms with E-state index >= 15 is 0 Å². The van der Waals surface area contributed by atoms with Gasteiger partial charge in [-0.25, -0.2) is 0 Å². The predicted molar refractivity (Wildman–Crippen MR) is 75.3 cm³/mol. The Kier molecular flexibility index (Phi) is 4.09. The van der Waals surface area contributed by atoms with Crippen molar-refractivity contribution < 1.29 is 18.0 Å². The summed E-state index contributed by atoms with van der Waals surface area (Å²) < 4.78 is 38.6. The highest BCUT2D eigenvalue weighted by Gasteiger charge is 2.34. The molecule has 0 aliphatic rings. The molecule has 0 saturated carbocycles. The molecule has 0 bridgehead atoms. The lowest BCUT2D eigenvalue weighted by Gasteiger charge is -2.13. The van der Waals surface area contributed by atoms with Crippen LogP contribution in [0.1, 0.15) is 15.9 Å². The van der Waals surface area contributed by atoms with E-state index in [2.05, 4.69) is 5.32 Å². The topological polar surface area (TPSA) is 55.1 Å². The summed E-state index contributed by atoms with van der Waals surface area (Å²) in [5, 5.41) is 2.49. The van der Waals surface area contributed by atoms with Crippen LogP contribution in [0.25, 0.3) is 0 Å². The molecule has 7 heteroatoms. The zero-order valence-corrected chi connectivity index (χ0v) is 11.3. The molecule has 0 aromatic heterocycles. The van der Waals surface area contributed by atoms with Crippen LogP contribution < -0.4 is 11.1 Å². The van der Waals surface area contributed by atoms with Gasteiger partial charge in [-0.3, -0.25) is 4.79 Å². The average molecular weight is 315 g/mol. The Morgan fingerprint density at radius 3 is 2.43 bits per heavy atom. The minimum Gasteiger partial charge on any atom is -0.399 e. The number of amides is 1. The molecule has 0 fully saturated rings. The second-order valence-corrected chi connectivity index (χ2v) is 4.64. The average Bonchev–Trinajstić information content (AvgIpc) is 2.41. The largest absolute Gasteiger partial charge is 0.417 e. The maximum Gasteiger partial charge on any atom is 0.417 e. The third-order valence-electron chi connectivity index (χ3n) is 2.72. The first kappa shape index (κ1) is 15.2. The second kappa shape index (κ2) is 5.65. The van der Waals surface area contributed by atoms with Crippen molar-refractivity contribution in [3.05, 3.63) is 58.6 Å². The molecule has 2 rings (SSSR count). The molecule has 0 atom stereocenters. The zero-order chi connectivity index (χ0) is 15.6. The summed E-state index contributed by atoms with van der Waals surface area (Å²) in [6.07, 6.45) is -4.61. The van der Waals surface area contributed by atoms with E-state index in [1.54, 1.807) is 0 Å². The first-order valence-electron chi connectivity index (χ1n) is 5.81. The van der Waals surface area contributed by atoms with Crippen LogP contribution in [0.3, 0.4) is 0 Å². The Balaban J connectivity index is 2.33. The van der Waals surface area contributed by atoms with E-state index in [0.717, 1.165) is 12.1 Å². The summed E-state index contributed by atoms with van der Waals surface area (Å²) >= 11 is 5.87. The van der Waals surface area contributed by atoms with E-state index in [1.165, 1.54) is 30.3 Å². The molecule has 21 heavy (non-hydrogen) atoms. The molecule has 0 radical (unpaired) electrons. The molecule has 0 spiro atoms. The number of alkyl halides is 3. The van der Waals surface area contributed by atoms with E-state index in [1.807, 2.05) is 0 Å². The Labute approximate surface area is 123 Å². The van der Waals surface area contributed by atoms with Crippen LogP contribution in [0.2, 0.25) is 5.02 Å². The number of benzene rings is 2. The third kappa shape index (κ3) is 3.46. The molecule has 1 amide bonds. The third-order valence-corrected chi connectivity index (χ3v) is 3.03. The number of nitrogens with one attached hydrogen (secondary N) is 1. The SMILES string of the molecule is Nc1ccc(NC(=O)c2ccccc2C(F)(F)F)c(Cl)c1. The number of hydrogen-bond acceptors (Lipinski definition) is 2. The van der Waals surface area contributed by atoms with Gasteiger partial charge in [0.1, 0.15) is 0 Å². The summed E-state index contributed by atoms with van der Waals surface area (Å²) in [6.45, 7) is 0. The van der Waals surface area contributed by atoms with Gasteiger partial charge in [0.15, 0.2) is 0 Å². The zero-order valence-electron chi connectivity index (χ0n) is 10.5. The lowest BCUT2D eigenvalue weighted by atomic mass is 10.1. The van der Waals surface area contributed by atoms with Crippen molar-refractivity contribution in [3.8, 4) is 0 Å². The van der Waals surface area contributed by atoms with Gasteiger partial charge in [0.25, 0.3) is 5.91 Å². The van der Waals surface area contributed by atoms with Crippen molar-refractivity contribution in [3.63, 3.8) is 0 Å². The fraction of sp³-hybridized carbons (Fsp3) is 0.0714. The number of hydrogen-bond donors (Lipinski definition) is 2. The fourth-order valence-electron chi connectivity index (χ4n) is 1.75. The number of carbonyl (C=O) groups excluding carboxylic acids is 1. The lowest BCUT2D eigenvalue weighted by Crippen LogP contribution is -2.18.